The molecule has 39 heavy (non-hydrogen) atoms. The number of anilines is 3. The van der Waals surface area contributed by atoms with Crippen molar-refractivity contribution in [3.05, 3.63) is 77.0 Å². The molecular weight excluding hydrogens is 498 g/mol. The highest BCUT2D eigenvalue weighted by molar-refractivity contribution is 6.00. The van der Waals surface area contributed by atoms with Gasteiger partial charge in [-0.05, 0) is 37.6 Å². The number of carbonyl (C=O) groups excluding carboxylic acids is 1. The van der Waals surface area contributed by atoms with E-state index in [2.05, 4.69) is 15.6 Å². The molecule has 0 radical (unpaired) electrons. The van der Waals surface area contributed by atoms with Gasteiger partial charge >= 0.3 is 5.97 Å². The predicted molar refractivity (Wildman–Crippen MR) is 145 cm³/mol. The third-order valence-corrected chi connectivity index (χ3v) is 7.43. The SMILES string of the molecule is CC1(C)OC(=O)c2ccc(Nc3ncc(C4=NCC5(CCOCC5)O4)c(NC(CO)c4ccccc4)n3)cc21. The standard InChI is InChI=1S/C29H31N5O5/c1-28(2)22-14-19(8-9-20(22)26(36)39-28)32-27-30-15-21(25-31-17-29(38-25)10-12-37-13-11-29)24(34-27)33-23(16-35)18-6-4-3-5-7-18/h3-9,14-15,23,35H,10-13,16-17H2,1-2H3,(H2,30,32,33,34). The number of aliphatic hydroxyl groups is 1. The minimum atomic E-state index is -0.719. The molecule has 2 aromatic carbocycles. The second-order valence-corrected chi connectivity index (χ2v) is 10.6. The van der Waals surface area contributed by atoms with Gasteiger partial charge in [0.1, 0.15) is 17.0 Å². The van der Waals surface area contributed by atoms with Crippen molar-refractivity contribution in [3.8, 4) is 0 Å². The lowest BCUT2D eigenvalue weighted by Crippen LogP contribution is -2.39. The summed E-state index contributed by atoms with van der Waals surface area (Å²) < 4.78 is 17.4. The molecule has 1 saturated heterocycles. The number of nitrogens with zero attached hydrogens (tertiary/aromatic N) is 3. The molecule has 3 N–H and O–H groups in total. The zero-order valence-electron chi connectivity index (χ0n) is 21.9. The minimum absolute atomic E-state index is 0.140. The van der Waals surface area contributed by atoms with E-state index in [1.165, 1.54) is 0 Å². The van der Waals surface area contributed by atoms with Gasteiger partial charge in [0.15, 0.2) is 0 Å². The third-order valence-electron chi connectivity index (χ3n) is 7.43. The summed E-state index contributed by atoms with van der Waals surface area (Å²) in [5.74, 6) is 0.974. The number of nitrogens with one attached hydrogen (secondary N) is 2. The molecule has 6 rings (SSSR count). The summed E-state index contributed by atoms with van der Waals surface area (Å²) in [6.07, 6.45) is 3.22. The maximum absolute atomic E-state index is 12.2. The van der Waals surface area contributed by atoms with Crippen LogP contribution in [0.4, 0.5) is 17.5 Å². The number of rotatable bonds is 7. The van der Waals surface area contributed by atoms with E-state index in [4.69, 9.17) is 24.2 Å². The van der Waals surface area contributed by atoms with Gasteiger partial charge in [0.05, 0.1) is 43.5 Å². The van der Waals surface area contributed by atoms with Crippen molar-refractivity contribution >= 4 is 29.3 Å². The fourth-order valence-corrected chi connectivity index (χ4v) is 5.19. The average Bonchev–Trinajstić information content (AvgIpc) is 3.44. The minimum Gasteiger partial charge on any atom is -0.469 e. The number of aromatic nitrogens is 2. The van der Waals surface area contributed by atoms with Crippen LogP contribution in [0.3, 0.4) is 0 Å². The Bertz CT molecular complexity index is 1420. The summed E-state index contributed by atoms with van der Waals surface area (Å²) in [7, 11) is 0. The second-order valence-electron chi connectivity index (χ2n) is 10.6. The maximum Gasteiger partial charge on any atom is 0.339 e. The van der Waals surface area contributed by atoms with Crippen molar-refractivity contribution < 1.29 is 24.1 Å². The normalized spacial score (nSPS) is 19.6. The topological polar surface area (TPSA) is 127 Å². The van der Waals surface area contributed by atoms with Crippen LogP contribution in [-0.2, 0) is 19.8 Å². The number of aliphatic imine (C=N–C) groups is 1. The van der Waals surface area contributed by atoms with Crippen molar-refractivity contribution in [2.45, 2.75) is 43.9 Å². The van der Waals surface area contributed by atoms with Gasteiger partial charge in [0.2, 0.25) is 11.8 Å². The highest BCUT2D eigenvalue weighted by atomic mass is 16.6. The Morgan fingerprint density at radius 3 is 2.62 bits per heavy atom. The highest BCUT2D eigenvalue weighted by Crippen LogP contribution is 2.38. The summed E-state index contributed by atoms with van der Waals surface area (Å²) in [4.78, 5) is 26.2. The molecule has 0 amide bonds. The molecular formula is C29H31N5O5. The molecule has 1 fully saturated rings. The molecule has 3 aromatic rings. The molecule has 10 nitrogen and oxygen atoms in total. The van der Waals surface area contributed by atoms with Crippen LogP contribution < -0.4 is 10.6 Å². The van der Waals surface area contributed by atoms with Crippen LogP contribution in [0.15, 0.2) is 59.7 Å². The lowest BCUT2D eigenvalue weighted by molar-refractivity contribution is -0.0358. The molecule has 1 aromatic heterocycles. The molecule has 1 unspecified atom stereocenters. The number of hydrogen-bond acceptors (Lipinski definition) is 10. The van der Waals surface area contributed by atoms with Crippen molar-refractivity contribution in [1.29, 1.82) is 0 Å². The van der Waals surface area contributed by atoms with Gasteiger partial charge < -0.3 is 30.0 Å². The molecule has 202 valence electrons. The van der Waals surface area contributed by atoms with Crippen molar-refractivity contribution in [2.75, 3.05) is 37.0 Å². The number of hydrogen-bond donors (Lipinski definition) is 3. The second kappa shape index (κ2) is 9.94. The van der Waals surface area contributed by atoms with Gasteiger partial charge in [-0.25, -0.2) is 14.8 Å². The summed E-state index contributed by atoms with van der Waals surface area (Å²) in [5, 5.41) is 16.8. The molecule has 10 heteroatoms. The number of fused-ring (bicyclic) bond motifs is 1. The van der Waals surface area contributed by atoms with Crippen molar-refractivity contribution in [3.63, 3.8) is 0 Å². The average molecular weight is 530 g/mol. The quantitative estimate of drug-likeness (QED) is 0.388. The monoisotopic (exact) mass is 529 g/mol. The Morgan fingerprint density at radius 2 is 1.85 bits per heavy atom. The zero-order valence-corrected chi connectivity index (χ0v) is 21.9. The van der Waals surface area contributed by atoms with Crippen LogP contribution in [-0.4, -0.2) is 58.9 Å². The Labute approximate surface area is 226 Å². The highest BCUT2D eigenvalue weighted by Gasteiger charge is 2.41. The van der Waals surface area contributed by atoms with Crippen molar-refractivity contribution in [1.82, 2.24) is 9.97 Å². The number of cyclic esters (lactones) is 1. The largest absolute Gasteiger partial charge is 0.469 e. The van der Waals surface area contributed by atoms with E-state index in [0.29, 0.717) is 48.5 Å². The first-order valence-electron chi connectivity index (χ1n) is 13.1. The molecule has 0 bridgehead atoms. The van der Waals surface area contributed by atoms with Gasteiger partial charge in [-0.2, -0.15) is 4.98 Å². The molecule has 3 aliphatic heterocycles. The van der Waals surface area contributed by atoms with E-state index in [1.54, 1.807) is 18.3 Å². The van der Waals surface area contributed by atoms with E-state index in [0.717, 1.165) is 29.7 Å². The zero-order chi connectivity index (χ0) is 27.0. The van der Waals surface area contributed by atoms with Crippen LogP contribution in [0.2, 0.25) is 0 Å². The number of aliphatic hydroxyl groups excluding tert-OH is 1. The Kier molecular flexibility index (Phi) is 6.44. The van der Waals surface area contributed by atoms with E-state index in [9.17, 15) is 9.90 Å². The molecule has 1 atom stereocenters. The summed E-state index contributed by atoms with van der Waals surface area (Å²) >= 11 is 0. The van der Waals surface area contributed by atoms with E-state index < -0.39 is 11.6 Å². The van der Waals surface area contributed by atoms with Crippen LogP contribution in [0.25, 0.3) is 0 Å². The molecule has 4 heterocycles. The summed E-state index contributed by atoms with van der Waals surface area (Å²) in [6, 6.07) is 14.7. The lowest BCUT2D eigenvalue weighted by Gasteiger charge is -2.32. The van der Waals surface area contributed by atoms with E-state index in [-0.39, 0.29) is 18.2 Å². The first-order valence-corrected chi connectivity index (χ1v) is 13.1. The smallest absolute Gasteiger partial charge is 0.339 e. The fourth-order valence-electron chi connectivity index (χ4n) is 5.19. The van der Waals surface area contributed by atoms with Crippen molar-refractivity contribution in [2.24, 2.45) is 4.99 Å². The maximum atomic E-state index is 12.2. The predicted octanol–water partition coefficient (Wildman–Crippen LogP) is 4.10. The van der Waals surface area contributed by atoms with E-state index in [1.807, 2.05) is 50.2 Å². The van der Waals surface area contributed by atoms with Gasteiger partial charge in [-0.3, -0.25) is 0 Å². The number of carbonyl (C=O) groups is 1. The number of benzene rings is 2. The van der Waals surface area contributed by atoms with Crippen LogP contribution in [0, 0.1) is 0 Å². The van der Waals surface area contributed by atoms with Crippen LogP contribution >= 0.6 is 0 Å². The fraction of sp³-hybridized carbons (Fsp3) is 0.379. The first kappa shape index (κ1) is 25.3. The van der Waals surface area contributed by atoms with Crippen LogP contribution in [0.1, 0.15) is 59.8 Å². The molecule has 1 spiro atoms. The number of ether oxygens (including phenoxy) is 3. The Morgan fingerprint density at radius 1 is 1.05 bits per heavy atom. The first-order chi connectivity index (χ1) is 18.9. The van der Waals surface area contributed by atoms with Gasteiger partial charge in [0.25, 0.3) is 0 Å². The Hall–Kier alpha value is -4.02. The Balaban J connectivity index is 1.32. The third kappa shape index (κ3) is 4.93. The summed E-state index contributed by atoms with van der Waals surface area (Å²) in [5.41, 5.74) is 2.52. The lowest BCUT2D eigenvalue weighted by atomic mass is 9.95. The molecule has 0 aliphatic carbocycles. The van der Waals surface area contributed by atoms with Gasteiger partial charge in [-0.1, -0.05) is 30.3 Å². The molecule has 0 saturated carbocycles. The number of esters is 1. The van der Waals surface area contributed by atoms with E-state index >= 15 is 0 Å². The van der Waals surface area contributed by atoms with Gasteiger partial charge in [0, 0.05) is 30.3 Å². The summed E-state index contributed by atoms with van der Waals surface area (Å²) in [6.45, 7) is 5.42. The molecule has 3 aliphatic rings. The van der Waals surface area contributed by atoms with Gasteiger partial charge in [-0.15, -0.1) is 0 Å². The van der Waals surface area contributed by atoms with Crippen LogP contribution in [0.5, 0.6) is 0 Å².